The summed E-state index contributed by atoms with van der Waals surface area (Å²) in [7, 11) is 0. The molecular weight excluding hydrogens is 1120 g/mol. The van der Waals surface area contributed by atoms with E-state index in [1.807, 2.05) is 66.9 Å². The molecule has 6 nitrogen and oxygen atoms in total. The molecule has 0 saturated heterocycles. The number of pyridine rings is 1. The van der Waals surface area contributed by atoms with Gasteiger partial charge >= 0.3 is 0 Å². The molecule has 10 aromatic carbocycles. The molecule has 7 heteroatoms. The quantitative estimate of drug-likeness (QED) is 0.107. The van der Waals surface area contributed by atoms with Crippen LogP contribution in [0.3, 0.4) is 0 Å². The molecular formula is C70H49N5OPt-2. The maximum atomic E-state index is 9.09. The van der Waals surface area contributed by atoms with Crippen molar-refractivity contribution in [2.75, 3.05) is 0 Å². The van der Waals surface area contributed by atoms with E-state index in [0.717, 1.165) is 66.4 Å². The van der Waals surface area contributed by atoms with Gasteiger partial charge in [-0.05, 0) is 104 Å². The first kappa shape index (κ1) is 37.6. The van der Waals surface area contributed by atoms with Crippen molar-refractivity contribution in [1.29, 1.82) is 0 Å². The summed E-state index contributed by atoms with van der Waals surface area (Å²) in [5.41, 5.74) is 9.90. The summed E-state index contributed by atoms with van der Waals surface area (Å²) in [6, 6.07) is 59.6. The Morgan fingerprint density at radius 3 is 1.83 bits per heavy atom. The average molecular weight is 1180 g/mol. The summed E-state index contributed by atoms with van der Waals surface area (Å²) in [5, 5.41) is 4.28. The number of imidazole rings is 1. The van der Waals surface area contributed by atoms with Gasteiger partial charge in [-0.2, -0.15) is 18.2 Å². The molecule has 77 heavy (non-hydrogen) atoms. The van der Waals surface area contributed by atoms with Crippen LogP contribution in [0.4, 0.5) is 0 Å². The second-order valence-electron chi connectivity index (χ2n) is 19.7. The van der Waals surface area contributed by atoms with Crippen LogP contribution in [0.15, 0.2) is 243 Å². The minimum atomic E-state index is -0.577. The van der Waals surface area contributed by atoms with E-state index in [4.69, 9.17) is 23.4 Å². The Balaban J connectivity index is 0.00000700. The standard InChI is InChI=1S/C70H49N5O.Pt/c1-70(2,3)51-39-40-71-68(43-51)75-64-38-34-50(49-33-37-63-60(41-49)58-27-13-14-30-62(58)74(63)52-23-11-6-12-24-52)42-61(64)59-36-35-55(45-67(59)75)76-54-26-17-25-53(44-54)72-46-73(66-32-16-15-31-65(66)72)69-56(47-19-7-4-8-20-47)28-18-29-57(69)48-21-9-5-10-22-48;/h4-43H,1-3H3;/q-2;/i4D,5D,7D,8D,9D,10D,19D,20D,21D,22D;. The van der Waals surface area contributed by atoms with Crippen LogP contribution in [-0.2, 0) is 26.5 Å². The van der Waals surface area contributed by atoms with E-state index in [1.54, 1.807) is 33.4 Å². The molecule has 0 unspecified atom stereocenters. The number of aromatic nitrogens is 5. The number of ether oxygens (including phenoxy) is 1. The van der Waals surface area contributed by atoms with Gasteiger partial charge in [0.15, 0.2) is 0 Å². The molecule has 0 bridgehead atoms. The molecule has 372 valence electrons. The van der Waals surface area contributed by atoms with E-state index in [2.05, 4.69) is 139 Å². The first-order valence-electron chi connectivity index (χ1n) is 30.0. The van der Waals surface area contributed by atoms with Crippen LogP contribution in [0.25, 0.3) is 111 Å². The predicted molar refractivity (Wildman–Crippen MR) is 309 cm³/mol. The van der Waals surface area contributed by atoms with Crippen molar-refractivity contribution in [2.45, 2.75) is 26.2 Å². The van der Waals surface area contributed by atoms with E-state index in [9.17, 15) is 0 Å². The van der Waals surface area contributed by atoms with Crippen molar-refractivity contribution in [3.63, 3.8) is 0 Å². The fourth-order valence-corrected chi connectivity index (χ4v) is 10.5. The Morgan fingerprint density at radius 2 is 1.12 bits per heavy atom. The molecule has 4 heterocycles. The van der Waals surface area contributed by atoms with Crippen LogP contribution in [0.1, 0.15) is 40.0 Å². The van der Waals surface area contributed by atoms with Crippen molar-refractivity contribution >= 4 is 54.6 Å². The second kappa shape index (κ2) is 19.2. The third-order valence-corrected chi connectivity index (χ3v) is 14.1. The molecule has 0 amide bonds. The van der Waals surface area contributed by atoms with Crippen LogP contribution in [0.5, 0.6) is 11.5 Å². The molecule has 14 rings (SSSR count). The normalized spacial score (nSPS) is 13.5. The van der Waals surface area contributed by atoms with Crippen LogP contribution in [0.2, 0.25) is 0 Å². The molecule has 0 aliphatic carbocycles. The number of nitrogens with zero attached hydrogens (tertiary/aromatic N) is 5. The summed E-state index contributed by atoms with van der Waals surface area (Å²) in [4.78, 5) is 4.96. The minimum Gasteiger partial charge on any atom is -0.510 e. The molecule has 0 fully saturated rings. The van der Waals surface area contributed by atoms with E-state index in [1.165, 1.54) is 5.39 Å². The first-order chi connectivity index (χ1) is 41.5. The van der Waals surface area contributed by atoms with Gasteiger partial charge in [0, 0.05) is 60.7 Å². The topological polar surface area (TPSA) is 40.8 Å². The summed E-state index contributed by atoms with van der Waals surface area (Å²) < 4.78 is 102. The molecule has 0 N–H and O–H groups in total. The maximum absolute atomic E-state index is 9.09. The first-order valence-corrected chi connectivity index (χ1v) is 25.0. The van der Waals surface area contributed by atoms with Gasteiger partial charge in [0.1, 0.15) is 5.82 Å². The maximum Gasteiger partial charge on any atom is 0.268 e. The van der Waals surface area contributed by atoms with Crippen molar-refractivity contribution in [1.82, 2.24) is 18.7 Å². The Morgan fingerprint density at radius 1 is 0.506 bits per heavy atom. The van der Waals surface area contributed by atoms with Crippen molar-refractivity contribution in [3.05, 3.63) is 267 Å². The molecule has 0 saturated carbocycles. The molecule has 0 aliphatic heterocycles. The molecule has 14 aromatic rings. The minimum absolute atomic E-state index is 0. The smallest absolute Gasteiger partial charge is 0.268 e. The number of hydrogen-bond acceptors (Lipinski definition) is 2. The van der Waals surface area contributed by atoms with Crippen molar-refractivity contribution in [2.24, 2.45) is 0 Å². The van der Waals surface area contributed by atoms with Gasteiger partial charge < -0.3 is 18.4 Å². The second-order valence-corrected chi connectivity index (χ2v) is 19.7. The monoisotopic (exact) mass is 1180 g/mol. The van der Waals surface area contributed by atoms with Crippen molar-refractivity contribution < 1.29 is 44.1 Å². The van der Waals surface area contributed by atoms with Gasteiger partial charge in [-0.15, -0.1) is 29.7 Å². The van der Waals surface area contributed by atoms with Crippen LogP contribution >= 0.6 is 0 Å². The van der Waals surface area contributed by atoms with E-state index >= 15 is 0 Å². The fraction of sp³-hybridized carbons (Fsp3) is 0.0571. The average Bonchev–Trinajstić information content (AvgIpc) is 1.75. The Labute approximate surface area is 475 Å². The number of rotatable bonds is 9. The Kier molecular flexibility index (Phi) is 9.40. The van der Waals surface area contributed by atoms with Crippen LogP contribution < -0.4 is 9.30 Å². The summed E-state index contributed by atoms with van der Waals surface area (Å²) >= 11 is 0. The van der Waals surface area contributed by atoms with Gasteiger partial charge in [-0.1, -0.05) is 184 Å². The number of hydrogen-bond donors (Lipinski definition) is 0. The van der Waals surface area contributed by atoms with Gasteiger partial charge in [-0.25, -0.2) is 4.98 Å². The van der Waals surface area contributed by atoms with Gasteiger partial charge in [0.25, 0.3) is 6.33 Å². The third kappa shape index (κ3) is 8.33. The van der Waals surface area contributed by atoms with Gasteiger partial charge in [0.05, 0.1) is 41.5 Å². The van der Waals surface area contributed by atoms with Crippen LogP contribution in [-0.4, -0.2) is 18.7 Å². The fourth-order valence-electron chi connectivity index (χ4n) is 10.5. The Hall–Kier alpha value is -9.09. The zero-order valence-corrected chi connectivity index (χ0v) is 44.1. The molecule has 4 aromatic heterocycles. The summed E-state index contributed by atoms with van der Waals surface area (Å²) in [5.74, 6) is 1.49. The SMILES string of the molecule is [2H]c1c([2H])c([2H])c(-c2cccc(-c3c([2H])c([2H])c([2H])c([2H])c3[2H])c2-[n+]2[c-]n(-c3[c-]c(Oc4[c-]c5c(cc4)c4cc(-c6ccc7c(c6)c6ccccc6n7-c6ccccc6)ccc4n5-c4cc(C(C)(C)C)ccn4)ccc3)c3ccccc32)c([2H])c1[2H].[Pt]. The number of benzene rings is 10. The molecule has 0 spiro atoms. The van der Waals surface area contributed by atoms with Gasteiger partial charge in [-0.3, -0.25) is 4.57 Å². The van der Waals surface area contributed by atoms with Crippen LogP contribution in [0, 0.1) is 18.5 Å². The summed E-state index contributed by atoms with van der Waals surface area (Å²) in [6.07, 6.45) is 5.28. The van der Waals surface area contributed by atoms with Crippen molar-refractivity contribution in [3.8, 4) is 67.8 Å². The largest absolute Gasteiger partial charge is 0.510 e. The summed E-state index contributed by atoms with van der Waals surface area (Å²) in [6.45, 7) is 6.54. The van der Waals surface area contributed by atoms with E-state index in [0.29, 0.717) is 28.2 Å². The molecule has 0 radical (unpaired) electrons. The molecule has 0 aliphatic rings. The van der Waals surface area contributed by atoms with Gasteiger partial charge in [0.2, 0.25) is 0 Å². The van der Waals surface area contributed by atoms with E-state index in [-0.39, 0.29) is 54.4 Å². The zero-order valence-electron chi connectivity index (χ0n) is 51.8. The zero-order chi connectivity index (χ0) is 59.6. The van der Waals surface area contributed by atoms with E-state index < -0.39 is 60.4 Å². The third-order valence-electron chi connectivity index (χ3n) is 14.1. The molecule has 0 atom stereocenters. The number of fused-ring (bicyclic) bond motifs is 7. The Bertz CT molecular complexity index is 5020. The predicted octanol–water partition coefficient (Wildman–Crippen LogP) is 17.0. The number of para-hydroxylation sites is 5.